The molecule has 2 rings (SSSR count). The summed E-state index contributed by atoms with van der Waals surface area (Å²) < 4.78 is 0.951. The maximum atomic E-state index is 11.1. The smallest absolute Gasteiger partial charge is 0.305 e. The highest BCUT2D eigenvalue weighted by Crippen LogP contribution is 2.17. The van der Waals surface area contributed by atoms with Gasteiger partial charge in [0.25, 0.3) is 0 Å². The van der Waals surface area contributed by atoms with Crippen LogP contribution in [-0.2, 0) is 0 Å². The highest BCUT2D eigenvalue weighted by atomic mass is 32.1. The number of benzene rings is 1. The van der Waals surface area contributed by atoms with Gasteiger partial charge in [-0.15, -0.1) is 0 Å². The standard InChI is InChI=1S/C11H10N4OS/c12-15-13-6-2-1-3-8-4-5-9-10(7-8)17-11(16)14-9/h1,3-5,7H,2,6H2,(H,14,16). The van der Waals surface area contributed by atoms with Crippen molar-refractivity contribution in [3.05, 3.63) is 49.9 Å². The normalized spacial score (nSPS) is 10.8. The summed E-state index contributed by atoms with van der Waals surface area (Å²) in [6.45, 7) is 0.465. The minimum absolute atomic E-state index is 0.0375. The number of azide groups is 1. The molecule has 0 amide bonds. The van der Waals surface area contributed by atoms with Gasteiger partial charge < -0.3 is 4.98 Å². The third-order valence-electron chi connectivity index (χ3n) is 2.21. The van der Waals surface area contributed by atoms with E-state index in [0.717, 1.165) is 15.8 Å². The molecule has 0 saturated heterocycles. The van der Waals surface area contributed by atoms with E-state index in [9.17, 15) is 4.79 Å². The summed E-state index contributed by atoms with van der Waals surface area (Å²) in [5, 5.41) is 3.44. The second kappa shape index (κ2) is 5.34. The lowest BCUT2D eigenvalue weighted by Crippen LogP contribution is -1.89. The lowest BCUT2D eigenvalue weighted by atomic mass is 10.2. The fourth-order valence-electron chi connectivity index (χ4n) is 1.46. The number of nitrogens with zero attached hydrogens (tertiary/aromatic N) is 3. The topological polar surface area (TPSA) is 81.6 Å². The van der Waals surface area contributed by atoms with Crippen LogP contribution in [0.15, 0.2) is 34.2 Å². The van der Waals surface area contributed by atoms with Crippen molar-refractivity contribution in [3.8, 4) is 0 Å². The molecule has 1 aromatic heterocycles. The fraction of sp³-hybridized carbons (Fsp3) is 0.182. The summed E-state index contributed by atoms with van der Waals surface area (Å²) in [6, 6.07) is 5.79. The van der Waals surface area contributed by atoms with E-state index in [1.165, 1.54) is 11.3 Å². The van der Waals surface area contributed by atoms with Crippen LogP contribution in [0.1, 0.15) is 12.0 Å². The van der Waals surface area contributed by atoms with Crippen molar-refractivity contribution in [3.63, 3.8) is 0 Å². The van der Waals surface area contributed by atoms with Crippen molar-refractivity contribution in [1.82, 2.24) is 4.98 Å². The predicted molar refractivity (Wildman–Crippen MR) is 70.1 cm³/mol. The molecule has 0 aliphatic heterocycles. The van der Waals surface area contributed by atoms with Gasteiger partial charge in [-0.25, -0.2) is 0 Å². The van der Waals surface area contributed by atoms with Crippen LogP contribution in [0.3, 0.4) is 0 Å². The van der Waals surface area contributed by atoms with Crippen LogP contribution in [0.4, 0.5) is 0 Å². The molecule has 2 aromatic rings. The summed E-state index contributed by atoms with van der Waals surface area (Å²) in [6.07, 6.45) is 4.62. The molecule has 0 bridgehead atoms. The van der Waals surface area contributed by atoms with Gasteiger partial charge in [0.15, 0.2) is 0 Å². The van der Waals surface area contributed by atoms with Gasteiger partial charge in [-0.3, -0.25) is 4.79 Å². The summed E-state index contributed by atoms with van der Waals surface area (Å²) >= 11 is 1.20. The summed E-state index contributed by atoms with van der Waals surface area (Å²) in [7, 11) is 0. The molecule has 0 aliphatic carbocycles. The average Bonchev–Trinajstić information content (AvgIpc) is 2.68. The van der Waals surface area contributed by atoms with E-state index < -0.39 is 0 Å². The molecule has 86 valence electrons. The zero-order valence-electron chi connectivity index (χ0n) is 8.96. The van der Waals surface area contributed by atoms with Crippen LogP contribution in [0.25, 0.3) is 26.7 Å². The van der Waals surface area contributed by atoms with Crippen molar-refractivity contribution in [2.75, 3.05) is 6.54 Å². The Balaban J connectivity index is 2.13. The van der Waals surface area contributed by atoms with E-state index >= 15 is 0 Å². The first-order chi connectivity index (χ1) is 8.29. The molecule has 0 atom stereocenters. The minimum atomic E-state index is -0.0375. The number of aromatic nitrogens is 1. The van der Waals surface area contributed by atoms with Crippen molar-refractivity contribution in [2.24, 2.45) is 5.11 Å². The molecule has 17 heavy (non-hydrogen) atoms. The maximum Gasteiger partial charge on any atom is 0.305 e. The third-order valence-corrected chi connectivity index (χ3v) is 3.06. The van der Waals surface area contributed by atoms with E-state index in [0.29, 0.717) is 13.0 Å². The second-order valence-electron chi connectivity index (χ2n) is 3.42. The largest absolute Gasteiger partial charge is 0.312 e. The van der Waals surface area contributed by atoms with Crippen molar-refractivity contribution in [2.45, 2.75) is 6.42 Å². The van der Waals surface area contributed by atoms with Crippen LogP contribution in [0.5, 0.6) is 0 Å². The Kier molecular flexibility index (Phi) is 3.59. The average molecular weight is 246 g/mol. The van der Waals surface area contributed by atoms with E-state index in [2.05, 4.69) is 15.0 Å². The summed E-state index contributed by atoms with van der Waals surface area (Å²) in [5.74, 6) is 0. The Morgan fingerprint density at radius 3 is 3.24 bits per heavy atom. The van der Waals surface area contributed by atoms with E-state index in [4.69, 9.17) is 5.53 Å². The van der Waals surface area contributed by atoms with Crippen LogP contribution < -0.4 is 4.87 Å². The van der Waals surface area contributed by atoms with E-state index in [1.54, 1.807) is 0 Å². The lowest BCUT2D eigenvalue weighted by Gasteiger charge is -1.93. The lowest BCUT2D eigenvalue weighted by molar-refractivity contribution is 0.996. The first-order valence-corrected chi connectivity index (χ1v) is 5.91. The molecule has 1 N–H and O–H groups in total. The molecular formula is C11H10N4OS. The number of rotatable bonds is 4. The van der Waals surface area contributed by atoms with Gasteiger partial charge in [-0.2, -0.15) is 0 Å². The maximum absolute atomic E-state index is 11.1. The molecule has 6 heteroatoms. The summed E-state index contributed by atoms with van der Waals surface area (Å²) in [4.78, 5) is 16.5. The first kappa shape index (κ1) is 11.4. The SMILES string of the molecule is [N-]=[N+]=NCCC=Cc1ccc2[nH]c(=O)sc2c1. The third kappa shape index (κ3) is 2.96. The fourth-order valence-corrected chi connectivity index (χ4v) is 2.25. The number of fused-ring (bicyclic) bond motifs is 1. The Labute approximate surface area is 101 Å². The second-order valence-corrected chi connectivity index (χ2v) is 4.43. The van der Waals surface area contributed by atoms with Crippen LogP contribution in [-0.4, -0.2) is 11.5 Å². The van der Waals surface area contributed by atoms with Gasteiger partial charge in [-0.05, 0) is 29.6 Å². The number of thiazole rings is 1. The highest BCUT2D eigenvalue weighted by molar-refractivity contribution is 7.16. The van der Waals surface area contributed by atoms with Gasteiger partial charge in [0.2, 0.25) is 0 Å². The molecule has 0 unspecified atom stereocenters. The first-order valence-electron chi connectivity index (χ1n) is 5.10. The van der Waals surface area contributed by atoms with Gasteiger partial charge >= 0.3 is 4.87 Å². The zero-order chi connectivity index (χ0) is 12.1. The van der Waals surface area contributed by atoms with Crippen molar-refractivity contribution < 1.29 is 0 Å². The van der Waals surface area contributed by atoms with Gasteiger partial charge in [-0.1, -0.05) is 34.7 Å². The molecule has 0 spiro atoms. The minimum Gasteiger partial charge on any atom is -0.312 e. The summed E-state index contributed by atoms with van der Waals surface area (Å²) in [5.41, 5.74) is 10.0. The molecule has 0 fully saturated rings. The zero-order valence-corrected chi connectivity index (χ0v) is 9.78. The molecular weight excluding hydrogens is 236 g/mol. The van der Waals surface area contributed by atoms with Gasteiger partial charge in [0, 0.05) is 11.5 Å². The molecule has 5 nitrogen and oxygen atoms in total. The highest BCUT2D eigenvalue weighted by Gasteiger charge is 1.98. The Hall–Kier alpha value is -2.04. The van der Waals surface area contributed by atoms with Gasteiger partial charge in [0.05, 0.1) is 10.2 Å². The number of aromatic amines is 1. The van der Waals surface area contributed by atoms with E-state index in [-0.39, 0.29) is 4.87 Å². The number of hydrogen-bond acceptors (Lipinski definition) is 3. The van der Waals surface area contributed by atoms with Crippen LogP contribution in [0, 0.1) is 0 Å². The predicted octanol–water partition coefficient (Wildman–Crippen LogP) is 3.30. The number of nitrogens with one attached hydrogen (secondary N) is 1. The van der Waals surface area contributed by atoms with Crippen molar-refractivity contribution in [1.29, 1.82) is 0 Å². The van der Waals surface area contributed by atoms with E-state index in [1.807, 2.05) is 30.4 Å². The monoisotopic (exact) mass is 246 g/mol. The van der Waals surface area contributed by atoms with Crippen LogP contribution in [0.2, 0.25) is 0 Å². The van der Waals surface area contributed by atoms with Gasteiger partial charge in [0.1, 0.15) is 0 Å². The Morgan fingerprint density at radius 1 is 1.53 bits per heavy atom. The molecule has 0 saturated carbocycles. The molecule has 0 aliphatic rings. The molecule has 1 heterocycles. The number of H-pyrrole nitrogens is 1. The Bertz CT molecular complexity index is 649. The van der Waals surface area contributed by atoms with Crippen LogP contribution >= 0.6 is 11.3 Å². The molecule has 1 aromatic carbocycles. The van der Waals surface area contributed by atoms with Crippen molar-refractivity contribution >= 4 is 27.6 Å². The quantitative estimate of drug-likeness (QED) is 0.382. The molecule has 0 radical (unpaired) electrons. The Morgan fingerprint density at radius 2 is 2.41 bits per heavy atom. The number of hydrogen-bond donors (Lipinski definition) is 1.